The number of alkyl halides is 6. The fourth-order valence-corrected chi connectivity index (χ4v) is 2.22. The summed E-state index contributed by atoms with van der Waals surface area (Å²) in [5.74, 6) is -1.39. The zero-order chi connectivity index (χ0) is 18.1. The summed E-state index contributed by atoms with van der Waals surface area (Å²) >= 11 is 0. The second-order valence-corrected chi connectivity index (χ2v) is 5.02. The van der Waals surface area contributed by atoms with Gasteiger partial charge in [0.2, 0.25) is 0 Å². The number of hydrogen-bond donors (Lipinski definition) is 1. The standard InChI is InChI=1S/C16H10F6O2/c17-15(18,19)11-3-1-2-9(6-11)13-5-4-12(16(20,21)22)7-10(13)8-14(23)24/h1-7H,8H2,(H,23,24). The minimum atomic E-state index is -4.68. The number of carbonyl (C=O) groups is 1. The van der Waals surface area contributed by atoms with E-state index in [0.29, 0.717) is 12.1 Å². The minimum absolute atomic E-state index is 0.00482. The zero-order valence-corrected chi connectivity index (χ0v) is 11.9. The first-order valence-corrected chi connectivity index (χ1v) is 6.58. The van der Waals surface area contributed by atoms with Gasteiger partial charge in [0.05, 0.1) is 17.5 Å². The molecule has 2 aromatic rings. The number of hydrogen-bond acceptors (Lipinski definition) is 1. The van der Waals surface area contributed by atoms with Crippen molar-refractivity contribution in [1.82, 2.24) is 0 Å². The SMILES string of the molecule is O=C(O)Cc1cc(C(F)(F)F)ccc1-c1cccc(C(F)(F)F)c1. The van der Waals surface area contributed by atoms with Crippen molar-refractivity contribution in [3.8, 4) is 11.1 Å². The van der Waals surface area contributed by atoms with Crippen LogP contribution >= 0.6 is 0 Å². The van der Waals surface area contributed by atoms with Crippen molar-refractivity contribution in [3.05, 3.63) is 59.2 Å². The molecule has 0 heterocycles. The highest BCUT2D eigenvalue weighted by Gasteiger charge is 2.32. The third-order valence-electron chi connectivity index (χ3n) is 3.28. The molecule has 24 heavy (non-hydrogen) atoms. The van der Waals surface area contributed by atoms with Crippen LogP contribution in [0.25, 0.3) is 11.1 Å². The van der Waals surface area contributed by atoms with Gasteiger partial charge in [0.15, 0.2) is 0 Å². The number of carboxylic acid groups (broad SMARTS) is 1. The molecule has 2 aromatic carbocycles. The molecule has 0 saturated heterocycles. The normalized spacial score (nSPS) is 12.2. The van der Waals surface area contributed by atoms with Gasteiger partial charge in [-0.3, -0.25) is 4.79 Å². The molecule has 0 spiro atoms. The van der Waals surface area contributed by atoms with Crippen molar-refractivity contribution in [2.24, 2.45) is 0 Å². The third-order valence-corrected chi connectivity index (χ3v) is 3.28. The van der Waals surface area contributed by atoms with Gasteiger partial charge in [-0.2, -0.15) is 26.3 Å². The first kappa shape index (κ1) is 17.8. The van der Waals surface area contributed by atoms with Crippen LogP contribution in [-0.2, 0) is 23.6 Å². The van der Waals surface area contributed by atoms with Gasteiger partial charge in [-0.25, -0.2) is 0 Å². The van der Waals surface area contributed by atoms with Crippen LogP contribution in [0.1, 0.15) is 16.7 Å². The molecule has 8 heteroatoms. The van der Waals surface area contributed by atoms with E-state index in [1.54, 1.807) is 0 Å². The van der Waals surface area contributed by atoms with Crippen LogP contribution in [0.5, 0.6) is 0 Å². The molecule has 1 N–H and O–H groups in total. The summed E-state index contributed by atoms with van der Waals surface area (Å²) in [7, 11) is 0. The molecule has 0 bridgehead atoms. The van der Waals surface area contributed by atoms with E-state index in [-0.39, 0.29) is 16.7 Å². The maximum atomic E-state index is 12.8. The van der Waals surface area contributed by atoms with Crippen LogP contribution in [-0.4, -0.2) is 11.1 Å². The molecule has 0 amide bonds. The maximum absolute atomic E-state index is 12.8. The minimum Gasteiger partial charge on any atom is -0.481 e. The fourth-order valence-electron chi connectivity index (χ4n) is 2.22. The molecule has 128 valence electrons. The molecular weight excluding hydrogens is 338 g/mol. The van der Waals surface area contributed by atoms with Crippen LogP contribution in [0.4, 0.5) is 26.3 Å². The first-order valence-electron chi connectivity index (χ1n) is 6.58. The van der Waals surface area contributed by atoms with E-state index in [4.69, 9.17) is 5.11 Å². The van der Waals surface area contributed by atoms with Gasteiger partial charge < -0.3 is 5.11 Å². The van der Waals surface area contributed by atoms with E-state index in [0.717, 1.165) is 24.3 Å². The van der Waals surface area contributed by atoms with Gasteiger partial charge in [0.25, 0.3) is 0 Å². The monoisotopic (exact) mass is 348 g/mol. The molecule has 0 aliphatic heterocycles. The lowest BCUT2D eigenvalue weighted by Gasteiger charge is -2.14. The average molecular weight is 348 g/mol. The fraction of sp³-hybridized carbons (Fsp3) is 0.188. The number of aliphatic carboxylic acids is 1. The molecular formula is C16H10F6O2. The summed E-state index contributed by atoms with van der Waals surface area (Å²) in [6.07, 6.45) is -10.0. The summed E-state index contributed by atoms with van der Waals surface area (Å²) in [4.78, 5) is 10.9. The van der Waals surface area contributed by atoms with Crippen LogP contribution in [0.2, 0.25) is 0 Å². The van der Waals surface area contributed by atoms with Crippen LogP contribution in [0.15, 0.2) is 42.5 Å². The Hall–Kier alpha value is -2.51. The Bertz CT molecular complexity index is 762. The quantitative estimate of drug-likeness (QED) is 0.791. The summed E-state index contributed by atoms with van der Waals surface area (Å²) < 4.78 is 76.6. The molecule has 0 fully saturated rings. The lowest BCUT2D eigenvalue weighted by Crippen LogP contribution is -2.09. The zero-order valence-electron chi connectivity index (χ0n) is 11.9. The van der Waals surface area contributed by atoms with Gasteiger partial charge >= 0.3 is 18.3 Å². The predicted molar refractivity (Wildman–Crippen MR) is 73.2 cm³/mol. The lowest BCUT2D eigenvalue weighted by molar-refractivity contribution is -0.138. The van der Waals surface area contributed by atoms with Crippen LogP contribution in [0, 0.1) is 0 Å². The van der Waals surface area contributed by atoms with Gasteiger partial charge in [0, 0.05) is 0 Å². The van der Waals surface area contributed by atoms with E-state index in [2.05, 4.69) is 0 Å². The Kier molecular flexibility index (Phi) is 4.59. The molecule has 0 aromatic heterocycles. The molecule has 0 atom stereocenters. The maximum Gasteiger partial charge on any atom is 0.416 e. The second kappa shape index (κ2) is 6.18. The van der Waals surface area contributed by atoms with Crippen molar-refractivity contribution in [2.75, 3.05) is 0 Å². The Labute approximate surface area is 132 Å². The topological polar surface area (TPSA) is 37.3 Å². The summed E-state index contributed by atoms with van der Waals surface area (Å²) in [6, 6.07) is 6.32. The van der Waals surface area contributed by atoms with Crippen LogP contribution < -0.4 is 0 Å². The van der Waals surface area contributed by atoms with E-state index >= 15 is 0 Å². The van der Waals surface area contributed by atoms with Gasteiger partial charge in [-0.05, 0) is 41.0 Å². The second-order valence-electron chi connectivity index (χ2n) is 5.02. The first-order chi connectivity index (χ1) is 11.0. The van der Waals surface area contributed by atoms with Crippen molar-refractivity contribution in [3.63, 3.8) is 0 Å². The number of benzene rings is 2. The third kappa shape index (κ3) is 4.06. The number of halogens is 6. The van der Waals surface area contributed by atoms with Crippen molar-refractivity contribution in [2.45, 2.75) is 18.8 Å². The van der Waals surface area contributed by atoms with Gasteiger partial charge in [-0.1, -0.05) is 18.2 Å². The number of carboxylic acids is 1. The molecule has 2 rings (SSSR count). The summed E-state index contributed by atoms with van der Waals surface area (Å²) in [5.41, 5.74) is -2.24. The van der Waals surface area contributed by atoms with E-state index < -0.39 is 35.9 Å². The van der Waals surface area contributed by atoms with Gasteiger partial charge in [-0.15, -0.1) is 0 Å². The van der Waals surface area contributed by atoms with E-state index in [9.17, 15) is 31.1 Å². The predicted octanol–water partition coefficient (Wildman–Crippen LogP) is 5.02. The molecule has 0 aliphatic rings. The average Bonchev–Trinajstić information content (AvgIpc) is 2.45. The summed E-state index contributed by atoms with van der Waals surface area (Å²) in [5, 5.41) is 8.85. The Morgan fingerprint density at radius 2 is 1.46 bits per heavy atom. The molecule has 0 saturated carbocycles. The van der Waals surface area contributed by atoms with Crippen molar-refractivity contribution < 1.29 is 36.2 Å². The molecule has 0 unspecified atom stereocenters. The highest BCUT2D eigenvalue weighted by atomic mass is 19.4. The molecule has 0 aliphatic carbocycles. The number of rotatable bonds is 3. The van der Waals surface area contributed by atoms with Crippen molar-refractivity contribution in [1.29, 1.82) is 0 Å². The lowest BCUT2D eigenvalue weighted by atomic mass is 9.94. The van der Waals surface area contributed by atoms with Crippen molar-refractivity contribution >= 4 is 5.97 Å². The Morgan fingerprint density at radius 3 is 2.00 bits per heavy atom. The smallest absolute Gasteiger partial charge is 0.416 e. The largest absolute Gasteiger partial charge is 0.481 e. The molecule has 0 radical (unpaired) electrons. The van der Waals surface area contributed by atoms with Crippen LogP contribution in [0.3, 0.4) is 0 Å². The highest BCUT2D eigenvalue weighted by molar-refractivity contribution is 5.77. The molecule has 2 nitrogen and oxygen atoms in total. The van der Waals surface area contributed by atoms with Gasteiger partial charge in [0.1, 0.15) is 0 Å². The van der Waals surface area contributed by atoms with E-state index in [1.165, 1.54) is 6.07 Å². The Balaban J connectivity index is 2.59. The van der Waals surface area contributed by atoms with E-state index in [1.807, 2.05) is 0 Å². The Morgan fingerprint density at radius 1 is 0.875 bits per heavy atom. The highest BCUT2D eigenvalue weighted by Crippen LogP contribution is 2.36. The summed E-state index contributed by atoms with van der Waals surface area (Å²) in [6.45, 7) is 0.